The van der Waals surface area contributed by atoms with Gasteiger partial charge in [-0.3, -0.25) is 9.38 Å². The number of nitrogens with zero attached hydrogens (tertiary/aromatic N) is 4. The Bertz CT molecular complexity index is 882. The number of pyridine rings is 1. The van der Waals surface area contributed by atoms with Crippen LogP contribution in [0, 0.1) is 11.8 Å². The van der Waals surface area contributed by atoms with Crippen LogP contribution >= 0.6 is 0 Å². The zero-order valence-corrected chi connectivity index (χ0v) is 12.0. The van der Waals surface area contributed by atoms with Crippen LogP contribution in [0.1, 0.15) is 42.3 Å². The van der Waals surface area contributed by atoms with Gasteiger partial charge >= 0.3 is 0 Å². The zero-order valence-electron chi connectivity index (χ0n) is 12.0. The van der Waals surface area contributed by atoms with Gasteiger partial charge < -0.3 is 5.73 Å². The van der Waals surface area contributed by atoms with Crippen LogP contribution in [0.3, 0.4) is 0 Å². The number of hydrogen-bond donors (Lipinski definition) is 1. The lowest BCUT2D eigenvalue weighted by Crippen LogP contribution is -2.12. The number of hydrogen-bond acceptors (Lipinski definition) is 4. The SMILES string of the molecule is Nc1nccn2c(C3CCC3)nc(C#Cc3ccncc3)c12. The van der Waals surface area contributed by atoms with Crippen molar-refractivity contribution >= 4 is 11.3 Å². The zero-order chi connectivity index (χ0) is 14.9. The van der Waals surface area contributed by atoms with Crippen LogP contribution in [0.2, 0.25) is 0 Å². The summed E-state index contributed by atoms with van der Waals surface area (Å²) < 4.78 is 2.04. The highest BCUT2D eigenvalue weighted by Crippen LogP contribution is 2.36. The summed E-state index contributed by atoms with van der Waals surface area (Å²) >= 11 is 0. The molecule has 0 bridgehead atoms. The van der Waals surface area contributed by atoms with Gasteiger partial charge in [0.2, 0.25) is 0 Å². The van der Waals surface area contributed by atoms with E-state index in [-0.39, 0.29) is 0 Å². The molecule has 3 aromatic rings. The summed E-state index contributed by atoms with van der Waals surface area (Å²) in [7, 11) is 0. The molecule has 0 aliphatic heterocycles. The Morgan fingerprint density at radius 3 is 2.68 bits per heavy atom. The van der Waals surface area contributed by atoms with Crippen molar-refractivity contribution in [2.45, 2.75) is 25.2 Å². The fourth-order valence-electron chi connectivity index (χ4n) is 2.70. The summed E-state index contributed by atoms with van der Waals surface area (Å²) in [5.41, 5.74) is 8.47. The largest absolute Gasteiger partial charge is 0.382 e. The van der Waals surface area contributed by atoms with E-state index >= 15 is 0 Å². The molecule has 0 aromatic carbocycles. The molecule has 1 saturated carbocycles. The summed E-state index contributed by atoms with van der Waals surface area (Å²) in [6, 6.07) is 3.75. The molecule has 0 amide bonds. The van der Waals surface area contributed by atoms with Crippen molar-refractivity contribution in [1.82, 2.24) is 19.4 Å². The average molecular weight is 289 g/mol. The van der Waals surface area contributed by atoms with E-state index in [9.17, 15) is 0 Å². The molecule has 0 radical (unpaired) electrons. The number of nitrogens with two attached hydrogens (primary N) is 1. The highest BCUT2D eigenvalue weighted by Gasteiger charge is 2.25. The maximum absolute atomic E-state index is 6.05. The fourth-order valence-corrected chi connectivity index (χ4v) is 2.70. The van der Waals surface area contributed by atoms with Gasteiger partial charge in [0.1, 0.15) is 17.0 Å². The monoisotopic (exact) mass is 289 g/mol. The Morgan fingerprint density at radius 1 is 1.14 bits per heavy atom. The van der Waals surface area contributed by atoms with Gasteiger partial charge in [0.15, 0.2) is 5.82 Å². The minimum Gasteiger partial charge on any atom is -0.382 e. The molecule has 5 nitrogen and oxygen atoms in total. The highest BCUT2D eigenvalue weighted by molar-refractivity contribution is 5.73. The molecule has 108 valence electrons. The van der Waals surface area contributed by atoms with Crippen molar-refractivity contribution in [2.24, 2.45) is 0 Å². The summed E-state index contributed by atoms with van der Waals surface area (Å²) in [4.78, 5) is 12.9. The van der Waals surface area contributed by atoms with Crippen molar-refractivity contribution in [3.8, 4) is 11.8 Å². The molecule has 5 heteroatoms. The predicted molar refractivity (Wildman–Crippen MR) is 84.2 cm³/mol. The van der Waals surface area contributed by atoms with E-state index in [1.165, 1.54) is 19.3 Å². The smallest absolute Gasteiger partial charge is 0.150 e. The van der Waals surface area contributed by atoms with Crippen molar-refractivity contribution < 1.29 is 0 Å². The number of nitrogen functional groups attached to an aromatic ring is 1. The molecular weight excluding hydrogens is 274 g/mol. The Hall–Kier alpha value is -2.87. The van der Waals surface area contributed by atoms with E-state index in [1.807, 2.05) is 22.7 Å². The molecule has 1 fully saturated rings. The maximum Gasteiger partial charge on any atom is 0.150 e. The Morgan fingerprint density at radius 2 is 1.95 bits per heavy atom. The Balaban J connectivity index is 1.85. The first kappa shape index (κ1) is 12.8. The van der Waals surface area contributed by atoms with Crippen LogP contribution in [0.25, 0.3) is 5.52 Å². The first-order valence-corrected chi connectivity index (χ1v) is 7.37. The molecule has 0 unspecified atom stereocenters. The van der Waals surface area contributed by atoms with E-state index in [0.717, 1.165) is 16.9 Å². The molecular formula is C17H15N5. The van der Waals surface area contributed by atoms with Gasteiger partial charge in [0.25, 0.3) is 0 Å². The third-order valence-corrected chi connectivity index (χ3v) is 4.09. The Kier molecular flexibility index (Phi) is 3.01. The van der Waals surface area contributed by atoms with Crippen LogP contribution in [-0.4, -0.2) is 19.4 Å². The third-order valence-electron chi connectivity index (χ3n) is 4.09. The number of imidazole rings is 1. The molecule has 3 aromatic heterocycles. The van der Waals surface area contributed by atoms with E-state index in [4.69, 9.17) is 10.7 Å². The summed E-state index contributed by atoms with van der Waals surface area (Å²) in [5.74, 6) is 8.29. The Labute approximate surface area is 128 Å². The first-order chi connectivity index (χ1) is 10.8. The second-order valence-corrected chi connectivity index (χ2v) is 5.46. The quantitative estimate of drug-likeness (QED) is 0.698. The molecule has 0 atom stereocenters. The third kappa shape index (κ3) is 2.09. The van der Waals surface area contributed by atoms with Crippen molar-refractivity contribution in [1.29, 1.82) is 0 Å². The molecule has 22 heavy (non-hydrogen) atoms. The fraction of sp³-hybridized carbons (Fsp3) is 0.235. The average Bonchev–Trinajstić information content (AvgIpc) is 2.85. The van der Waals surface area contributed by atoms with E-state index < -0.39 is 0 Å². The lowest BCUT2D eigenvalue weighted by molar-refractivity contribution is 0.400. The van der Waals surface area contributed by atoms with Crippen molar-refractivity contribution in [3.05, 3.63) is 54.0 Å². The van der Waals surface area contributed by atoms with Gasteiger partial charge in [0, 0.05) is 36.3 Å². The second-order valence-electron chi connectivity index (χ2n) is 5.46. The number of rotatable bonds is 1. The number of aromatic nitrogens is 4. The normalized spacial score (nSPS) is 14.4. The van der Waals surface area contributed by atoms with Gasteiger partial charge in [0.05, 0.1) is 0 Å². The molecule has 4 rings (SSSR count). The van der Waals surface area contributed by atoms with Gasteiger partial charge in [-0.05, 0) is 30.9 Å². The molecule has 1 aliphatic carbocycles. The predicted octanol–water partition coefficient (Wildman–Crippen LogP) is 2.37. The topological polar surface area (TPSA) is 69.1 Å². The van der Waals surface area contributed by atoms with E-state index in [1.54, 1.807) is 18.6 Å². The molecule has 2 N–H and O–H groups in total. The number of fused-ring (bicyclic) bond motifs is 1. The van der Waals surface area contributed by atoms with Gasteiger partial charge in [-0.15, -0.1) is 0 Å². The molecule has 0 spiro atoms. The van der Waals surface area contributed by atoms with Crippen LogP contribution < -0.4 is 5.73 Å². The van der Waals surface area contributed by atoms with E-state index in [0.29, 0.717) is 17.4 Å². The van der Waals surface area contributed by atoms with E-state index in [2.05, 4.69) is 21.8 Å². The van der Waals surface area contributed by atoms with Crippen molar-refractivity contribution in [3.63, 3.8) is 0 Å². The van der Waals surface area contributed by atoms with Crippen LogP contribution in [-0.2, 0) is 0 Å². The van der Waals surface area contributed by atoms with Gasteiger partial charge in [-0.2, -0.15) is 0 Å². The maximum atomic E-state index is 6.05. The minimum atomic E-state index is 0.472. The summed E-state index contributed by atoms with van der Waals surface area (Å²) in [6.07, 6.45) is 10.7. The molecule has 1 aliphatic rings. The molecule has 0 saturated heterocycles. The lowest BCUT2D eigenvalue weighted by atomic mass is 9.85. The first-order valence-electron chi connectivity index (χ1n) is 7.37. The summed E-state index contributed by atoms with van der Waals surface area (Å²) in [6.45, 7) is 0. The van der Waals surface area contributed by atoms with Crippen LogP contribution in [0.4, 0.5) is 5.82 Å². The highest BCUT2D eigenvalue weighted by atomic mass is 15.1. The van der Waals surface area contributed by atoms with Gasteiger partial charge in [-0.25, -0.2) is 9.97 Å². The molecule has 3 heterocycles. The van der Waals surface area contributed by atoms with Gasteiger partial charge in [-0.1, -0.05) is 12.3 Å². The second kappa shape index (κ2) is 5.15. The van der Waals surface area contributed by atoms with Crippen LogP contribution in [0.15, 0.2) is 36.9 Å². The van der Waals surface area contributed by atoms with Crippen LogP contribution in [0.5, 0.6) is 0 Å². The number of anilines is 1. The lowest BCUT2D eigenvalue weighted by Gasteiger charge is -2.23. The standard InChI is InChI=1S/C17H15N5/c18-16-15-14(5-4-12-6-8-19-9-7-12)21-17(13-2-1-3-13)22(15)11-10-20-16/h6-11,13H,1-3H2,(H2,18,20). The van der Waals surface area contributed by atoms with Crippen molar-refractivity contribution in [2.75, 3.05) is 5.73 Å². The summed E-state index contributed by atoms with van der Waals surface area (Å²) in [5, 5.41) is 0. The minimum absolute atomic E-state index is 0.472.